The predicted molar refractivity (Wildman–Crippen MR) is 112 cm³/mol. The van der Waals surface area contributed by atoms with Crippen LogP contribution in [0.3, 0.4) is 0 Å². The maximum absolute atomic E-state index is 14.5. The molecule has 0 saturated carbocycles. The Bertz CT molecular complexity index is 783. The van der Waals surface area contributed by atoms with Crippen LogP contribution in [-0.4, -0.2) is 44.9 Å². The molecule has 3 N–H and O–H groups in total. The van der Waals surface area contributed by atoms with E-state index in [0.29, 0.717) is 24.5 Å². The Kier molecular flexibility index (Phi) is 6.44. The molecule has 3 atom stereocenters. The molecule has 0 bridgehead atoms. The Morgan fingerprint density at radius 2 is 2.29 bits per heavy atom. The van der Waals surface area contributed by atoms with E-state index >= 15 is 0 Å². The van der Waals surface area contributed by atoms with Crippen molar-refractivity contribution in [3.8, 4) is 5.75 Å². The number of benzene rings is 1. The fraction of sp³-hybridized carbons (Fsp3) is 0.476. The minimum atomic E-state index is -0.247. The first-order chi connectivity index (χ1) is 13.4. The molecule has 0 aromatic heterocycles. The average molecular weight is 385 g/mol. The molecule has 2 heterocycles. The van der Waals surface area contributed by atoms with Gasteiger partial charge in [-0.15, -0.1) is 0 Å². The van der Waals surface area contributed by atoms with E-state index < -0.39 is 0 Å². The second-order valence-corrected chi connectivity index (χ2v) is 7.85. The molecule has 1 amide bonds. The highest BCUT2D eigenvalue weighted by Crippen LogP contribution is 2.32. The van der Waals surface area contributed by atoms with Crippen molar-refractivity contribution in [1.29, 1.82) is 0 Å². The number of carbonyl (C=O) groups is 1. The Balaban J connectivity index is 1.79. The van der Waals surface area contributed by atoms with Gasteiger partial charge in [0.15, 0.2) is 0 Å². The van der Waals surface area contributed by atoms with E-state index in [4.69, 9.17) is 4.74 Å². The molecule has 1 saturated heterocycles. The Labute approximate surface area is 167 Å². The average Bonchev–Trinajstić information content (AvgIpc) is 3.06. The normalized spacial score (nSPS) is 26.8. The van der Waals surface area contributed by atoms with Crippen molar-refractivity contribution < 1.29 is 13.9 Å². The molecule has 2 aliphatic heterocycles. The van der Waals surface area contributed by atoms with Gasteiger partial charge in [0.05, 0.1) is 6.61 Å². The highest BCUT2D eigenvalue weighted by Gasteiger charge is 2.36. The highest BCUT2D eigenvalue weighted by molar-refractivity contribution is 6.15. The number of hydrogen-bond donors (Lipinski definition) is 3. The smallest absolute Gasteiger partial charge is 0.207 e. The number of carbonyl (C=O) groups excluding carboxylic acids is 1. The molecule has 2 aliphatic rings. The molecule has 1 aromatic carbocycles. The molecule has 0 aliphatic carbocycles. The van der Waals surface area contributed by atoms with E-state index in [1.54, 1.807) is 12.1 Å². The van der Waals surface area contributed by atoms with Crippen molar-refractivity contribution in [2.45, 2.75) is 50.6 Å². The quantitative estimate of drug-likeness (QED) is 0.362. The number of hydrogen-bond acceptors (Lipinski definition) is 4. The van der Waals surface area contributed by atoms with Crippen LogP contribution >= 0.6 is 0 Å². The maximum atomic E-state index is 14.5. The SMILES string of the molecule is B[C@@]1(CCNC=O)CC[C@H](C2=CC(c3cc(OCC)ccc3F)=C[C@@H](C)N2)N1. The number of amides is 1. The summed E-state index contributed by atoms with van der Waals surface area (Å²) in [7, 11) is 2.19. The van der Waals surface area contributed by atoms with Crippen molar-refractivity contribution in [3.05, 3.63) is 47.4 Å². The first kappa shape index (κ1) is 20.5. The van der Waals surface area contributed by atoms with E-state index in [9.17, 15) is 9.18 Å². The lowest BCUT2D eigenvalue weighted by Crippen LogP contribution is -2.48. The topological polar surface area (TPSA) is 62.4 Å². The van der Waals surface area contributed by atoms with Crippen molar-refractivity contribution in [2.24, 2.45) is 0 Å². The largest absolute Gasteiger partial charge is 0.494 e. The van der Waals surface area contributed by atoms with E-state index in [2.05, 4.69) is 30.7 Å². The van der Waals surface area contributed by atoms with Gasteiger partial charge in [-0.3, -0.25) is 4.79 Å². The van der Waals surface area contributed by atoms with Gasteiger partial charge in [-0.05, 0) is 68.4 Å². The molecule has 0 unspecified atom stereocenters. The van der Waals surface area contributed by atoms with Gasteiger partial charge in [-0.2, -0.15) is 0 Å². The zero-order valence-corrected chi connectivity index (χ0v) is 16.8. The van der Waals surface area contributed by atoms with E-state index in [-0.39, 0.29) is 23.3 Å². The second-order valence-electron chi connectivity index (χ2n) is 7.85. The number of halogens is 1. The molecule has 7 heteroatoms. The van der Waals surface area contributed by atoms with E-state index in [1.807, 2.05) is 19.1 Å². The van der Waals surface area contributed by atoms with Crippen LogP contribution < -0.4 is 20.7 Å². The minimum absolute atomic E-state index is 0.0199. The fourth-order valence-corrected chi connectivity index (χ4v) is 4.05. The summed E-state index contributed by atoms with van der Waals surface area (Å²) in [5.41, 5.74) is 2.50. The van der Waals surface area contributed by atoms with Crippen molar-refractivity contribution in [2.75, 3.05) is 13.2 Å². The van der Waals surface area contributed by atoms with E-state index in [1.165, 1.54) is 6.07 Å². The summed E-state index contributed by atoms with van der Waals surface area (Å²) in [5, 5.41) is 9.96. The molecule has 1 fully saturated rings. The van der Waals surface area contributed by atoms with Crippen molar-refractivity contribution >= 4 is 19.8 Å². The van der Waals surface area contributed by atoms with Crippen LogP contribution in [0.1, 0.15) is 38.7 Å². The van der Waals surface area contributed by atoms with Crippen molar-refractivity contribution in [3.63, 3.8) is 0 Å². The monoisotopic (exact) mass is 385 g/mol. The molecule has 1 aromatic rings. The number of nitrogens with one attached hydrogen (secondary N) is 3. The lowest BCUT2D eigenvalue weighted by molar-refractivity contribution is -0.109. The van der Waals surface area contributed by atoms with Gasteiger partial charge >= 0.3 is 0 Å². The second kappa shape index (κ2) is 8.82. The zero-order valence-electron chi connectivity index (χ0n) is 16.8. The van der Waals surface area contributed by atoms with Gasteiger partial charge in [0.25, 0.3) is 0 Å². The van der Waals surface area contributed by atoms with Gasteiger partial charge < -0.3 is 20.7 Å². The molecular formula is C21H29BFN3O2. The third-order valence-corrected chi connectivity index (χ3v) is 5.48. The molecule has 0 spiro atoms. The fourth-order valence-electron chi connectivity index (χ4n) is 4.05. The first-order valence-electron chi connectivity index (χ1n) is 10.0. The molecule has 150 valence electrons. The molecule has 0 radical (unpaired) electrons. The van der Waals surface area contributed by atoms with Crippen LogP contribution in [0, 0.1) is 5.82 Å². The lowest BCUT2D eigenvalue weighted by atomic mass is 9.74. The highest BCUT2D eigenvalue weighted by atomic mass is 19.1. The minimum Gasteiger partial charge on any atom is -0.494 e. The molecular weight excluding hydrogens is 356 g/mol. The number of allylic oxidation sites excluding steroid dienone is 2. The summed E-state index contributed by atoms with van der Waals surface area (Å²) in [6.07, 6.45) is 7.72. The van der Waals surface area contributed by atoms with Crippen LogP contribution in [0.15, 0.2) is 36.0 Å². The van der Waals surface area contributed by atoms with E-state index in [0.717, 1.165) is 36.9 Å². The van der Waals surface area contributed by atoms with Gasteiger partial charge in [0, 0.05) is 29.9 Å². The summed E-state index contributed by atoms with van der Waals surface area (Å²) in [6.45, 7) is 5.19. The summed E-state index contributed by atoms with van der Waals surface area (Å²) in [6, 6.07) is 5.19. The Hall–Kier alpha value is -2.28. The summed E-state index contributed by atoms with van der Waals surface area (Å²) < 4.78 is 20.1. The van der Waals surface area contributed by atoms with Crippen LogP contribution in [-0.2, 0) is 4.79 Å². The standard InChI is InChI=1S/C21H29BFN3O2/c1-3-28-16-4-5-18(23)17(12-16)15-10-14(2)25-20(11-15)19-6-7-21(22,26-19)8-9-24-13-27/h4-5,10-14,19,25-26H,3,6-9,22H2,1-2H3,(H,24,27)/t14-,19-,21+/m1/s1. The zero-order chi connectivity index (χ0) is 20.1. The lowest BCUT2D eigenvalue weighted by Gasteiger charge is -2.30. The third kappa shape index (κ3) is 4.76. The van der Waals surface area contributed by atoms with Crippen molar-refractivity contribution in [1.82, 2.24) is 16.0 Å². The van der Waals surface area contributed by atoms with Gasteiger partial charge in [-0.1, -0.05) is 6.08 Å². The number of rotatable bonds is 8. The summed E-state index contributed by atoms with van der Waals surface area (Å²) in [4.78, 5) is 10.5. The molecule has 28 heavy (non-hydrogen) atoms. The van der Waals surface area contributed by atoms with Gasteiger partial charge in [0.2, 0.25) is 6.41 Å². The Morgan fingerprint density at radius 3 is 3.04 bits per heavy atom. The third-order valence-electron chi connectivity index (χ3n) is 5.48. The number of ether oxygens (including phenoxy) is 1. The van der Waals surface area contributed by atoms with Crippen LogP contribution in [0.25, 0.3) is 5.57 Å². The summed E-state index contributed by atoms with van der Waals surface area (Å²) in [5.74, 6) is 0.429. The van der Waals surface area contributed by atoms with Gasteiger partial charge in [-0.25, -0.2) is 4.39 Å². The van der Waals surface area contributed by atoms with Crippen LogP contribution in [0.4, 0.5) is 4.39 Å². The maximum Gasteiger partial charge on any atom is 0.207 e. The van der Waals surface area contributed by atoms with Gasteiger partial charge in [0.1, 0.15) is 19.4 Å². The Morgan fingerprint density at radius 1 is 1.46 bits per heavy atom. The molecule has 3 rings (SSSR count). The van der Waals surface area contributed by atoms with Crippen LogP contribution in [0.5, 0.6) is 5.75 Å². The summed E-state index contributed by atoms with van der Waals surface area (Å²) >= 11 is 0. The van der Waals surface area contributed by atoms with Crippen LogP contribution in [0.2, 0.25) is 0 Å². The first-order valence-corrected chi connectivity index (χ1v) is 10.0. The number of dihydropyridines is 1. The predicted octanol–water partition coefficient (Wildman–Crippen LogP) is 1.70. The molecule has 5 nitrogen and oxygen atoms in total.